The molecule has 0 saturated heterocycles. The van der Waals surface area contributed by atoms with E-state index in [9.17, 15) is 19.2 Å². The molecule has 2 aromatic heterocycles. The van der Waals surface area contributed by atoms with Crippen LogP contribution in [0.3, 0.4) is 0 Å². The number of aromatic nitrogens is 4. The molecule has 14 heteroatoms. The van der Waals surface area contributed by atoms with Crippen LogP contribution >= 0.6 is 23.5 Å². The molecule has 0 aliphatic rings. The van der Waals surface area contributed by atoms with Crippen molar-refractivity contribution in [3.63, 3.8) is 0 Å². The summed E-state index contributed by atoms with van der Waals surface area (Å²) in [6, 6.07) is 8.94. The second-order valence-corrected chi connectivity index (χ2v) is 8.10. The number of para-hydroxylation sites is 2. The van der Waals surface area contributed by atoms with Gasteiger partial charge in [0.05, 0.1) is 22.9 Å². The number of carbonyl (C=O) groups excluding carboxylic acids is 2. The highest BCUT2D eigenvalue weighted by atomic mass is 32.2. The van der Waals surface area contributed by atoms with E-state index >= 15 is 0 Å². The van der Waals surface area contributed by atoms with Gasteiger partial charge in [0.2, 0.25) is 11.8 Å². The van der Waals surface area contributed by atoms with Crippen LogP contribution in [0.5, 0.6) is 0 Å². The molecule has 0 fully saturated rings. The molecule has 3 aromatic rings. The van der Waals surface area contributed by atoms with Crippen molar-refractivity contribution < 1.29 is 9.59 Å². The lowest BCUT2D eigenvalue weighted by molar-refractivity contribution is -0.114. The third kappa shape index (κ3) is 6.88. The molecular weight excluding hydrogens is 456 g/mol. The van der Waals surface area contributed by atoms with Crippen LogP contribution in [0.2, 0.25) is 0 Å². The molecule has 2 amide bonds. The van der Waals surface area contributed by atoms with Gasteiger partial charge < -0.3 is 32.1 Å². The van der Waals surface area contributed by atoms with Crippen molar-refractivity contribution in [1.29, 1.82) is 0 Å². The number of amides is 2. The van der Waals surface area contributed by atoms with Crippen LogP contribution in [0.4, 0.5) is 23.0 Å². The zero-order valence-electron chi connectivity index (χ0n) is 16.4. The molecule has 0 saturated carbocycles. The lowest BCUT2D eigenvalue weighted by Crippen LogP contribution is -2.19. The number of anilines is 4. The maximum absolute atomic E-state index is 12.3. The number of nitrogens with one attached hydrogen (secondary N) is 4. The summed E-state index contributed by atoms with van der Waals surface area (Å²) in [7, 11) is 0. The summed E-state index contributed by atoms with van der Waals surface area (Å²) in [6.07, 6.45) is 0. The third-order valence-electron chi connectivity index (χ3n) is 3.63. The number of nitrogens with two attached hydrogens (primary N) is 2. The Kier molecular flexibility index (Phi) is 7.51. The van der Waals surface area contributed by atoms with Crippen molar-refractivity contribution in [2.45, 2.75) is 10.3 Å². The van der Waals surface area contributed by atoms with Crippen molar-refractivity contribution >= 4 is 58.3 Å². The van der Waals surface area contributed by atoms with Crippen molar-refractivity contribution in [3.8, 4) is 0 Å². The van der Waals surface area contributed by atoms with E-state index in [0.717, 1.165) is 35.7 Å². The summed E-state index contributed by atoms with van der Waals surface area (Å²) in [5, 5.41) is 5.83. The van der Waals surface area contributed by atoms with Gasteiger partial charge in [0, 0.05) is 12.1 Å². The van der Waals surface area contributed by atoms with Crippen molar-refractivity contribution in [2.75, 3.05) is 33.6 Å². The van der Waals surface area contributed by atoms with Crippen LogP contribution in [0.15, 0.2) is 56.3 Å². The van der Waals surface area contributed by atoms with E-state index in [0.29, 0.717) is 11.4 Å². The molecule has 32 heavy (non-hydrogen) atoms. The SMILES string of the molecule is Nc1cc(=O)[nH]c(SCC(=O)Nc2ccccc2NC(=O)CSc2nc(N)cc(=O)[nH]2)n1. The average Bonchev–Trinajstić information content (AvgIpc) is 2.71. The topological polar surface area (TPSA) is 202 Å². The first-order valence-electron chi connectivity index (χ1n) is 8.96. The van der Waals surface area contributed by atoms with Crippen LogP contribution in [-0.4, -0.2) is 43.3 Å². The number of benzene rings is 1. The highest BCUT2D eigenvalue weighted by Crippen LogP contribution is 2.22. The molecule has 166 valence electrons. The van der Waals surface area contributed by atoms with E-state index in [1.54, 1.807) is 24.3 Å². The van der Waals surface area contributed by atoms with Crippen molar-refractivity contribution in [1.82, 2.24) is 19.9 Å². The molecule has 3 rings (SSSR count). The number of aromatic amines is 2. The van der Waals surface area contributed by atoms with E-state index in [1.165, 1.54) is 0 Å². The van der Waals surface area contributed by atoms with Gasteiger partial charge >= 0.3 is 0 Å². The van der Waals surface area contributed by atoms with E-state index < -0.39 is 11.1 Å². The summed E-state index contributed by atoms with van der Waals surface area (Å²) in [4.78, 5) is 60.3. The molecule has 0 spiro atoms. The lowest BCUT2D eigenvalue weighted by Gasteiger charge is -2.12. The van der Waals surface area contributed by atoms with Crippen LogP contribution in [0.1, 0.15) is 0 Å². The Morgan fingerprint density at radius 3 is 1.59 bits per heavy atom. The van der Waals surface area contributed by atoms with Gasteiger partial charge in [0.15, 0.2) is 10.3 Å². The Morgan fingerprint density at radius 1 is 0.812 bits per heavy atom. The summed E-state index contributed by atoms with van der Waals surface area (Å²) in [5.41, 5.74) is 11.0. The molecule has 12 nitrogen and oxygen atoms in total. The van der Waals surface area contributed by atoms with E-state index in [-0.39, 0.29) is 45.3 Å². The molecule has 0 aliphatic heterocycles. The number of rotatable bonds is 8. The van der Waals surface area contributed by atoms with Gasteiger partial charge in [-0.05, 0) is 12.1 Å². The minimum absolute atomic E-state index is 0.0427. The number of nitrogen functional groups attached to an aromatic ring is 2. The van der Waals surface area contributed by atoms with Gasteiger partial charge in [-0.1, -0.05) is 35.7 Å². The standard InChI is InChI=1S/C18H18N8O4S2/c19-11-5-13(27)25-17(23-11)31-7-15(29)21-9-3-1-2-4-10(9)22-16(30)8-32-18-24-12(20)6-14(28)26-18/h1-6H,7-8H2,(H,21,29)(H,22,30)(H3,19,23,25,27)(H3,20,24,26,28). The maximum Gasteiger partial charge on any atom is 0.253 e. The molecule has 2 heterocycles. The second kappa shape index (κ2) is 10.5. The van der Waals surface area contributed by atoms with Gasteiger partial charge in [0.1, 0.15) is 11.6 Å². The first-order valence-corrected chi connectivity index (χ1v) is 10.9. The summed E-state index contributed by atoms with van der Waals surface area (Å²) in [6.45, 7) is 0. The quantitative estimate of drug-likeness (QED) is 0.197. The number of H-pyrrole nitrogens is 2. The van der Waals surface area contributed by atoms with E-state index in [4.69, 9.17) is 11.5 Å². The Balaban J connectivity index is 1.57. The van der Waals surface area contributed by atoms with Gasteiger partial charge in [-0.15, -0.1) is 0 Å². The summed E-state index contributed by atoms with van der Waals surface area (Å²) < 4.78 is 0. The van der Waals surface area contributed by atoms with Crippen molar-refractivity contribution in [3.05, 3.63) is 57.1 Å². The molecule has 1 aromatic carbocycles. The zero-order chi connectivity index (χ0) is 23.1. The van der Waals surface area contributed by atoms with E-state index in [1.807, 2.05) is 0 Å². The third-order valence-corrected chi connectivity index (χ3v) is 5.38. The van der Waals surface area contributed by atoms with Crippen molar-refractivity contribution in [2.24, 2.45) is 0 Å². The molecule has 0 aliphatic carbocycles. The van der Waals surface area contributed by atoms with Crippen LogP contribution < -0.4 is 33.2 Å². The first kappa shape index (κ1) is 22.9. The minimum atomic E-state index is -0.413. The molecule has 0 bridgehead atoms. The molecule has 8 N–H and O–H groups in total. The Bertz CT molecular complexity index is 1160. The van der Waals surface area contributed by atoms with Gasteiger partial charge in [-0.25, -0.2) is 9.97 Å². The monoisotopic (exact) mass is 474 g/mol. The molecule has 0 radical (unpaired) electrons. The molecule has 0 unspecified atom stereocenters. The second-order valence-electron chi connectivity index (χ2n) is 6.17. The number of hydrogen-bond donors (Lipinski definition) is 6. The first-order chi connectivity index (χ1) is 15.3. The summed E-state index contributed by atoms with van der Waals surface area (Å²) in [5.74, 6) is -0.728. The fourth-order valence-corrected chi connectivity index (χ4v) is 3.75. The van der Waals surface area contributed by atoms with E-state index in [2.05, 4.69) is 30.6 Å². The molecular formula is C18H18N8O4S2. The van der Waals surface area contributed by atoms with Crippen LogP contribution in [0.25, 0.3) is 0 Å². The smallest absolute Gasteiger partial charge is 0.253 e. The fourth-order valence-electron chi connectivity index (χ4n) is 2.38. The lowest BCUT2D eigenvalue weighted by atomic mass is 10.2. The number of hydrogen-bond acceptors (Lipinski definition) is 10. The van der Waals surface area contributed by atoms with Crippen LogP contribution in [0, 0.1) is 0 Å². The average molecular weight is 475 g/mol. The Morgan fingerprint density at radius 2 is 1.22 bits per heavy atom. The van der Waals surface area contributed by atoms with Gasteiger partial charge in [0.25, 0.3) is 11.1 Å². The largest absolute Gasteiger partial charge is 0.383 e. The highest BCUT2D eigenvalue weighted by Gasteiger charge is 2.12. The number of thioether (sulfide) groups is 2. The van der Waals surface area contributed by atoms with Gasteiger partial charge in [-0.2, -0.15) is 0 Å². The fraction of sp³-hybridized carbons (Fsp3) is 0.111. The highest BCUT2D eigenvalue weighted by molar-refractivity contribution is 8.00. The number of carbonyl (C=O) groups is 2. The van der Waals surface area contributed by atoms with Gasteiger partial charge in [-0.3, -0.25) is 19.2 Å². The number of nitrogens with zero attached hydrogens (tertiary/aromatic N) is 2. The maximum atomic E-state index is 12.3. The zero-order valence-corrected chi connectivity index (χ0v) is 18.0. The predicted molar refractivity (Wildman–Crippen MR) is 124 cm³/mol. The normalized spacial score (nSPS) is 10.5. The Labute approximate surface area is 189 Å². The van der Waals surface area contributed by atoms with Crippen LogP contribution in [-0.2, 0) is 9.59 Å². The minimum Gasteiger partial charge on any atom is -0.383 e. The Hall–Kier alpha value is -3.78. The summed E-state index contributed by atoms with van der Waals surface area (Å²) >= 11 is 2.02. The predicted octanol–water partition coefficient (Wildman–Crippen LogP) is 0.479. The molecule has 0 atom stereocenters.